The zero-order chi connectivity index (χ0) is 17.4. The van der Waals surface area contributed by atoms with Crippen LogP contribution in [0, 0.1) is 10.1 Å². The molecular formula is C10H15N3O7S3. The fourth-order valence-electron chi connectivity index (χ4n) is 2.38. The van der Waals surface area contributed by atoms with Gasteiger partial charge in [-0.15, -0.1) is 21.5 Å². The van der Waals surface area contributed by atoms with Crippen molar-refractivity contribution in [2.45, 2.75) is 33.1 Å². The van der Waals surface area contributed by atoms with E-state index in [1.165, 1.54) is 6.07 Å². The van der Waals surface area contributed by atoms with Gasteiger partial charge in [0.1, 0.15) is 15.0 Å². The van der Waals surface area contributed by atoms with E-state index in [9.17, 15) is 26.9 Å². The highest BCUT2D eigenvalue weighted by molar-refractivity contribution is 7.95. The quantitative estimate of drug-likeness (QED) is 0.503. The van der Waals surface area contributed by atoms with Gasteiger partial charge in [-0.25, -0.2) is 22.0 Å². The van der Waals surface area contributed by atoms with Crippen molar-refractivity contribution in [2.24, 2.45) is 5.14 Å². The molecule has 130 valence electrons. The maximum atomic E-state index is 12.6. The van der Waals surface area contributed by atoms with Crippen LogP contribution in [0.1, 0.15) is 24.9 Å². The number of primary sulfonamides is 1. The zero-order valence-corrected chi connectivity index (χ0v) is 14.4. The first-order chi connectivity index (χ1) is 10.6. The van der Waals surface area contributed by atoms with E-state index in [-0.39, 0.29) is 14.8 Å². The van der Waals surface area contributed by atoms with E-state index in [0.29, 0.717) is 23.4 Å². The van der Waals surface area contributed by atoms with Gasteiger partial charge in [0.15, 0.2) is 9.84 Å². The van der Waals surface area contributed by atoms with E-state index in [1.807, 2.05) is 0 Å². The van der Waals surface area contributed by atoms with Gasteiger partial charge in [0.05, 0.1) is 5.25 Å². The summed E-state index contributed by atoms with van der Waals surface area (Å²) < 4.78 is 47.7. The van der Waals surface area contributed by atoms with Gasteiger partial charge >= 0.3 is 0 Å². The number of hydrogen-bond acceptors (Lipinski definition) is 9. The predicted octanol–water partition coefficient (Wildman–Crippen LogP) is -0.200. The minimum absolute atomic E-state index is 0.0395. The lowest BCUT2D eigenvalue weighted by Gasteiger charge is -2.29. The Bertz CT molecular complexity index is 815. The van der Waals surface area contributed by atoms with Crippen molar-refractivity contribution in [3.63, 3.8) is 0 Å². The molecule has 0 aliphatic carbocycles. The lowest BCUT2D eigenvalue weighted by molar-refractivity contribution is -0.757. The number of sulfone groups is 1. The molecule has 1 aliphatic heterocycles. The topological polar surface area (TPSA) is 159 Å². The first-order valence-electron chi connectivity index (χ1n) is 6.48. The third kappa shape index (κ3) is 3.63. The van der Waals surface area contributed by atoms with E-state index in [4.69, 9.17) is 5.14 Å². The summed E-state index contributed by atoms with van der Waals surface area (Å²) in [7, 11) is -7.98. The average molecular weight is 385 g/mol. The molecule has 1 aromatic rings. The van der Waals surface area contributed by atoms with Crippen molar-refractivity contribution in [2.75, 3.05) is 13.2 Å². The van der Waals surface area contributed by atoms with E-state index >= 15 is 0 Å². The van der Waals surface area contributed by atoms with E-state index in [0.717, 1.165) is 0 Å². The summed E-state index contributed by atoms with van der Waals surface area (Å²) >= 11 is 0.550. The number of rotatable bonds is 6. The van der Waals surface area contributed by atoms with Crippen molar-refractivity contribution in [1.82, 2.24) is 5.32 Å². The third-order valence-electron chi connectivity index (χ3n) is 3.37. The van der Waals surface area contributed by atoms with Gasteiger partial charge in [-0.3, -0.25) is 0 Å². The van der Waals surface area contributed by atoms with Crippen LogP contribution in [0.2, 0.25) is 0 Å². The number of hydrogen-bond donors (Lipinski definition) is 2. The summed E-state index contributed by atoms with van der Waals surface area (Å²) in [6.07, 6.45) is 0.0395. The summed E-state index contributed by atoms with van der Waals surface area (Å²) in [6.45, 7) is 1.70. The third-order valence-corrected chi connectivity index (χ3v) is 8.64. The average Bonchev–Trinajstić information content (AvgIpc) is 2.87. The monoisotopic (exact) mass is 385 g/mol. The molecule has 2 atom stereocenters. The Morgan fingerprint density at radius 1 is 1.57 bits per heavy atom. The molecule has 0 saturated heterocycles. The molecular weight excluding hydrogens is 370 g/mol. The van der Waals surface area contributed by atoms with Crippen molar-refractivity contribution in [1.29, 1.82) is 0 Å². The minimum atomic E-state index is -4.04. The fourth-order valence-corrected chi connectivity index (χ4v) is 6.89. The van der Waals surface area contributed by atoms with Crippen LogP contribution in [0.4, 0.5) is 0 Å². The number of nitrogens with zero attached hydrogens (tertiary/aromatic N) is 1. The summed E-state index contributed by atoms with van der Waals surface area (Å²) in [4.78, 5) is 14.5. The summed E-state index contributed by atoms with van der Waals surface area (Å²) in [5.41, 5.74) is 0.318. The maximum absolute atomic E-state index is 12.6. The highest BCUT2D eigenvalue weighted by Gasteiger charge is 2.42. The lowest BCUT2D eigenvalue weighted by atomic mass is 10.0. The maximum Gasteiger partial charge on any atom is 0.294 e. The van der Waals surface area contributed by atoms with Gasteiger partial charge in [-0.2, -0.15) is 0 Å². The molecule has 0 unspecified atom stereocenters. The molecule has 0 spiro atoms. The smallest absolute Gasteiger partial charge is 0.294 e. The molecule has 2 rings (SSSR count). The van der Waals surface area contributed by atoms with Gasteiger partial charge in [-0.1, -0.05) is 6.92 Å². The van der Waals surface area contributed by atoms with Crippen LogP contribution in [-0.4, -0.2) is 40.3 Å². The van der Waals surface area contributed by atoms with Crippen molar-refractivity contribution in [3.05, 3.63) is 21.7 Å². The number of fused-ring (bicyclic) bond motifs is 1. The number of nitrogens with one attached hydrogen (secondary N) is 1. The Morgan fingerprint density at radius 3 is 2.74 bits per heavy atom. The van der Waals surface area contributed by atoms with Gasteiger partial charge < -0.3 is 10.2 Å². The van der Waals surface area contributed by atoms with Crippen LogP contribution in [0.3, 0.4) is 0 Å². The number of sulfonamides is 1. The van der Waals surface area contributed by atoms with Crippen LogP contribution < -0.4 is 10.5 Å². The SMILES string of the molecule is CCN[C@@H]1C[C@@H](CO[N+](=O)[O-])S(=O)(=O)c2sc(S(N)(=O)=O)cc21. The number of nitrogens with two attached hydrogens (primary N) is 1. The second-order valence-electron chi connectivity index (χ2n) is 4.89. The molecule has 23 heavy (non-hydrogen) atoms. The summed E-state index contributed by atoms with van der Waals surface area (Å²) in [5, 5.41) is 16.2. The van der Waals surface area contributed by atoms with Gasteiger partial charge in [-0.05, 0) is 19.0 Å². The van der Waals surface area contributed by atoms with Crippen LogP contribution in [0.5, 0.6) is 0 Å². The molecule has 10 nitrogen and oxygen atoms in total. The summed E-state index contributed by atoms with van der Waals surface area (Å²) in [5.74, 6) is 0. The molecule has 1 aromatic heterocycles. The summed E-state index contributed by atoms with van der Waals surface area (Å²) in [6, 6.07) is 0.788. The normalized spacial score (nSPS) is 23.2. The molecule has 0 saturated carbocycles. The van der Waals surface area contributed by atoms with Crippen LogP contribution in [-0.2, 0) is 24.7 Å². The van der Waals surface area contributed by atoms with Gasteiger partial charge in [0.2, 0.25) is 10.0 Å². The van der Waals surface area contributed by atoms with E-state index in [1.54, 1.807) is 6.92 Å². The Morgan fingerprint density at radius 2 is 2.22 bits per heavy atom. The molecule has 0 amide bonds. The van der Waals surface area contributed by atoms with Crippen molar-refractivity contribution >= 4 is 31.2 Å². The Labute approximate surface area is 136 Å². The highest BCUT2D eigenvalue weighted by Crippen LogP contribution is 2.42. The van der Waals surface area contributed by atoms with Crippen LogP contribution >= 0.6 is 11.3 Å². The van der Waals surface area contributed by atoms with E-state index < -0.39 is 42.8 Å². The molecule has 0 fully saturated rings. The lowest BCUT2D eigenvalue weighted by Crippen LogP contribution is -2.38. The minimum Gasteiger partial charge on any atom is -0.313 e. The number of thiophene rings is 1. The Kier molecular flexibility index (Phi) is 4.96. The molecule has 0 radical (unpaired) electrons. The molecule has 0 bridgehead atoms. The van der Waals surface area contributed by atoms with Crippen LogP contribution in [0.15, 0.2) is 14.5 Å². The molecule has 2 heterocycles. The molecule has 0 aromatic carbocycles. The first-order valence-corrected chi connectivity index (χ1v) is 10.4. The first kappa shape index (κ1) is 18.1. The zero-order valence-electron chi connectivity index (χ0n) is 12.0. The standard InChI is InChI=1S/C10H15N3O7S3/c1-2-12-8-3-6(5-20-13(14)15)22(16,17)10-7(8)4-9(21-10)23(11,18)19/h4,6,8,12H,2-3,5H2,1H3,(H2,11,18,19)/t6-,8+/m0/s1. The molecule has 1 aliphatic rings. The van der Waals surface area contributed by atoms with Gasteiger partial charge in [0, 0.05) is 11.6 Å². The van der Waals surface area contributed by atoms with Crippen LogP contribution in [0.25, 0.3) is 0 Å². The van der Waals surface area contributed by atoms with Crippen molar-refractivity contribution < 1.29 is 26.8 Å². The molecule has 13 heteroatoms. The largest absolute Gasteiger partial charge is 0.313 e. The Hall–Kier alpha value is -1.28. The highest BCUT2D eigenvalue weighted by atomic mass is 32.3. The Balaban J connectivity index is 2.51. The fraction of sp³-hybridized carbons (Fsp3) is 0.600. The van der Waals surface area contributed by atoms with Crippen molar-refractivity contribution in [3.8, 4) is 0 Å². The predicted molar refractivity (Wildman–Crippen MR) is 80.6 cm³/mol. The second-order valence-corrected chi connectivity index (χ2v) is 10.1. The van der Waals surface area contributed by atoms with Gasteiger partial charge in [0.25, 0.3) is 5.09 Å². The van der Waals surface area contributed by atoms with E-state index in [2.05, 4.69) is 10.2 Å². The second kappa shape index (κ2) is 6.32. The molecule has 3 N–H and O–H groups in total.